The normalized spacial score (nSPS) is 14.1. The maximum absolute atomic E-state index is 13.0. The van der Waals surface area contributed by atoms with E-state index in [2.05, 4.69) is 43.5 Å². The van der Waals surface area contributed by atoms with Gasteiger partial charge in [0, 0.05) is 6.42 Å². The van der Waals surface area contributed by atoms with Gasteiger partial charge >= 0.3 is 0 Å². The molecule has 0 aromatic carbocycles. The first kappa shape index (κ1) is 68.7. The first-order valence-corrected chi connectivity index (χ1v) is 31.8. The van der Waals surface area contributed by atoms with Gasteiger partial charge in [-0.2, -0.15) is 0 Å². The molecule has 0 heterocycles. The predicted octanol–water partition coefficient (Wildman–Crippen LogP) is 17.9. The smallest absolute Gasteiger partial charge is 0.268 e. The second-order valence-corrected chi connectivity index (χ2v) is 23.5. The zero-order chi connectivity index (χ0) is 51.3. The summed E-state index contributed by atoms with van der Waals surface area (Å²) < 4.78 is 23.3. The van der Waals surface area contributed by atoms with E-state index < -0.39 is 20.0 Å². The fourth-order valence-electron chi connectivity index (χ4n) is 9.05. The Kier molecular flexibility index (Phi) is 51.6. The van der Waals surface area contributed by atoms with E-state index in [1.54, 1.807) is 6.08 Å². The second kappa shape index (κ2) is 52.6. The predicted molar refractivity (Wildman–Crippen MR) is 302 cm³/mol. The van der Waals surface area contributed by atoms with Crippen LogP contribution in [0.15, 0.2) is 36.5 Å². The van der Waals surface area contributed by atoms with Gasteiger partial charge < -0.3 is 28.8 Å². The summed E-state index contributed by atoms with van der Waals surface area (Å²) in [4.78, 5) is 25.5. The lowest BCUT2D eigenvalue weighted by atomic mass is 10.0. The summed E-state index contributed by atoms with van der Waals surface area (Å²) in [6.45, 7) is 4.65. The molecule has 1 amide bonds. The minimum Gasteiger partial charge on any atom is -0.756 e. The van der Waals surface area contributed by atoms with E-state index >= 15 is 0 Å². The van der Waals surface area contributed by atoms with Crippen LogP contribution in [-0.2, 0) is 18.4 Å². The number of allylic oxidation sites excluding steroid dienone is 5. The van der Waals surface area contributed by atoms with Crippen LogP contribution in [0.25, 0.3) is 0 Å². The molecule has 0 saturated carbocycles. The molecule has 0 aromatic rings. The molecule has 0 spiro atoms. The number of unbranched alkanes of at least 4 members (excludes halogenated alkanes) is 39. The molecule has 0 aromatic heterocycles. The third kappa shape index (κ3) is 54.5. The van der Waals surface area contributed by atoms with Crippen LogP contribution in [0, 0.1) is 0 Å². The molecular weight excluding hydrogens is 888 g/mol. The van der Waals surface area contributed by atoms with E-state index in [-0.39, 0.29) is 19.1 Å². The lowest BCUT2D eigenvalue weighted by molar-refractivity contribution is -0.870. The van der Waals surface area contributed by atoms with Gasteiger partial charge in [-0.15, -0.1) is 0 Å². The van der Waals surface area contributed by atoms with Crippen LogP contribution in [-0.4, -0.2) is 68.5 Å². The number of phosphoric acid groups is 1. The van der Waals surface area contributed by atoms with Crippen molar-refractivity contribution in [3.05, 3.63) is 36.5 Å². The molecule has 0 rings (SSSR count). The highest BCUT2D eigenvalue weighted by Crippen LogP contribution is 2.38. The van der Waals surface area contributed by atoms with Crippen LogP contribution in [0.3, 0.4) is 0 Å². The van der Waals surface area contributed by atoms with Crippen LogP contribution in [0.1, 0.15) is 296 Å². The van der Waals surface area contributed by atoms with Gasteiger partial charge in [-0.05, 0) is 57.8 Å². The molecule has 0 fully saturated rings. The van der Waals surface area contributed by atoms with Crippen molar-refractivity contribution in [3.63, 3.8) is 0 Å². The number of nitrogens with zero attached hydrogens (tertiary/aromatic N) is 1. The Morgan fingerprint density at radius 1 is 0.486 bits per heavy atom. The second-order valence-electron chi connectivity index (χ2n) is 22.0. The third-order valence-electron chi connectivity index (χ3n) is 13.8. The summed E-state index contributed by atoms with van der Waals surface area (Å²) in [7, 11) is 1.25. The molecule has 414 valence electrons. The van der Waals surface area contributed by atoms with Crippen LogP contribution >= 0.6 is 7.82 Å². The fraction of sp³-hybridized carbons (Fsp3) is 0.885. The zero-order valence-corrected chi connectivity index (χ0v) is 48.1. The third-order valence-corrected chi connectivity index (χ3v) is 14.8. The van der Waals surface area contributed by atoms with Gasteiger partial charge in [-0.3, -0.25) is 9.36 Å². The summed E-state index contributed by atoms with van der Waals surface area (Å²) in [5.41, 5.74) is 0. The number of carbonyl (C=O) groups excluding carboxylic acids is 1. The van der Waals surface area contributed by atoms with Crippen molar-refractivity contribution in [3.8, 4) is 0 Å². The molecule has 2 N–H and O–H groups in total. The van der Waals surface area contributed by atoms with Gasteiger partial charge in [0.2, 0.25) is 5.91 Å². The number of hydrogen-bond acceptors (Lipinski definition) is 6. The molecule has 3 unspecified atom stereocenters. The van der Waals surface area contributed by atoms with Crippen molar-refractivity contribution < 1.29 is 32.9 Å². The van der Waals surface area contributed by atoms with Gasteiger partial charge in [0.05, 0.1) is 39.9 Å². The van der Waals surface area contributed by atoms with Gasteiger partial charge in [0.15, 0.2) is 0 Å². The highest BCUT2D eigenvalue weighted by atomic mass is 31.2. The maximum atomic E-state index is 13.0. The number of hydrogen-bond donors (Lipinski definition) is 2. The van der Waals surface area contributed by atoms with Crippen LogP contribution in [0.2, 0.25) is 0 Å². The van der Waals surface area contributed by atoms with E-state index in [9.17, 15) is 19.4 Å². The molecule has 70 heavy (non-hydrogen) atoms. The van der Waals surface area contributed by atoms with Gasteiger partial charge in [0.1, 0.15) is 13.2 Å². The van der Waals surface area contributed by atoms with E-state index in [4.69, 9.17) is 9.05 Å². The number of rotatable bonds is 56. The Hall–Kier alpha value is -1.28. The number of aliphatic hydroxyl groups is 1. The maximum Gasteiger partial charge on any atom is 0.268 e. The van der Waals surface area contributed by atoms with Crippen molar-refractivity contribution >= 4 is 13.7 Å². The lowest BCUT2D eigenvalue weighted by Crippen LogP contribution is -2.45. The SMILES string of the molecule is CCCCCCCCCCC/C=C/CC/C=C/C(O)C(COP(=O)([O-])OCC[N+](C)(C)C)NC(=O)CCCCCCCCCCCCCCCCCCC/C=C\CCCCCCCCCCCCCC. The number of nitrogens with one attached hydrogen (secondary N) is 1. The highest BCUT2D eigenvalue weighted by molar-refractivity contribution is 7.45. The molecule has 0 aliphatic carbocycles. The average molecular weight is 1010 g/mol. The molecule has 0 bridgehead atoms. The van der Waals surface area contributed by atoms with Crippen molar-refractivity contribution in [2.24, 2.45) is 0 Å². The number of carbonyl (C=O) groups is 1. The molecule has 0 aliphatic heterocycles. The summed E-state index contributed by atoms with van der Waals surface area (Å²) >= 11 is 0. The molecular formula is C61H119N2O6P. The minimum atomic E-state index is -4.60. The molecule has 0 saturated heterocycles. The van der Waals surface area contributed by atoms with Crippen LogP contribution in [0.4, 0.5) is 0 Å². The van der Waals surface area contributed by atoms with Crippen LogP contribution < -0.4 is 10.2 Å². The first-order chi connectivity index (χ1) is 34.0. The first-order valence-electron chi connectivity index (χ1n) is 30.4. The summed E-state index contributed by atoms with van der Waals surface area (Å²) in [5.74, 6) is -0.203. The van der Waals surface area contributed by atoms with Crippen molar-refractivity contribution in [2.75, 3.05) is 40.9 Å². The molecule has 3 atom stereocenters. The number of quaternary nitrogens is 1. The quantitative estimate of drug-likeness (QED) is 0.0272. The summed E-state index contributed by atoms with van der Waals surface area (Å²) in [6, 6.07) is -0.901. The Balaban J connectivity index is 4.03. The topological polar surface area (TPSA) is 108 Å². The van der Waals surface area contributed by atoms with E-state index in [1.165, 1.54) is 238 Å². The number of aliphatic hydroxyl groups excluding tert-OH is 1. The Morgan fingerprint density at radius 3 is 1.16 bits per heavy atom. The highest BCUT2D eigenvalue weighted by Gasteiger charge is 2.23. The lowest BCUT2D eigenvalue weighted by Gasteiger charge is -2.29. The largest absolute Gasteiger partial charge is 0.756 e. The Bertz CT molecular complexity index is 1230. The van der Waals surface area contributed by atoms with Gasteiger partial charge in [-0.25, -0.2) is 0 Å². The summed E-state index contributed by atoms with van der Waals surface area (Å²) in [5, 5.41) is 13.8. The molecule has 0 radical (unpaired) electrons. The Labute approximate surface area is 436 Å². The van der Waals surface area contributed by atoms with Gasteiger partial charge in [0.25, 0.3) is 7.82 Å². The van der Waals surface area contributed by atoms with Crippen molar-refractivity contribution in [1.82, 2.24) is 5.32 Å². The summed E-state index contributed by atoms with van der Waals surface area (Å²) in [6.07, 6.45) is 68.2. The zero-order valence-electron chi connectivity index (χ0n) is 47.2. The van der Waals surface area contributed by atoms with Gasteiger partial charge in [-0.1, -0.05) is 269 Å². The van der Waals surface area contributed by atoms with Crippen molar-refractivity contribution in [1.29, 1.82) is 0 Å². The Morgan fingerprint density at radius 2 is 0.800 bits per heavy atom. The van der Waals surface area contributed by atoms with E-state index in [0.29, 0.717) is 17.4 Å². The fourth-order valence-corrected chi connectivity index (χ4v) is 9.77. The molecule has 8 nitrogen and oxygen atoms in total. The van der Waals surface area contributed by atoms with E-state index in [1.807, 2.05) is 27.2 Å². The molecule has 9 heteroatoms. The standard InChI is InChI=1S/C61H119N2O6P/c1-6-8-10-12-14-16-18-20-22-23-24-25-26-27-28-29-30-31-32-33-34-35-36-37-38-39-41-43-45-47-49-51-53-55-61(65)62-59(58-69-70(66,67)68-57-56-63(3,4)5)60(64)54-52-50-48-46-44-42-40-21-19-17-15-13-11-9-7-2/h27-28,44,46,52,54,59-60,64H,6-26,29-43,45,47-51,53,55-58H2,1-5H3,(H-,62,65,66,67)/b28-27-,46-44+,54-52+. The number of likely N-dealkylation sites (N-methyl/N-ethyl adjacent to an activating group) is 1. The average Bonchev–Trinajstić information content (AvgIpc) is 3.32. The minimum absolute atomic E-state index is 0.00507. The molecule has 0 aliphatic rings. The monoisotopic (exact) mass is 1010 g/mol. The number of amides is 1. The van der Waals surface area contributed by atoms with E-state index in [0.717, 1.165) is 38.5 Å². The van der Waals surface area contributed by atoms with Crippen molar-refractivity contribution in [2.45, 2.75) is 309 Å². The number of phosphoric ester groups is 1. The van der Waals surface area contributed by atoms with Crippen LogP contribution in [0.5, 0.6) is 0 Å².